The molecular weight excluding hydrogens is 186 g/mol. The van der Waals surface area contributed by atoms with Gasteiger partial charge in [-0.3, -0.25) is 0 Å². The Morgan fingerprint density at radius 2 is 2.14 bits per heavy atom. The maximum absolute atomic E-state index is 13.0. The number of benzene rings is 1. The Morgan fingerprint density at radius 1 is 1.43 bits per heavy atom. The van der Waals surface area contributed by atoms with Gasteiger partial charge in [-0.1, -0.05) is 6.92 Å². The predicted molar refractivity (Wildman–Crippen MR) is 52.5 cm³/mol. The summed E-state index contributed by atoms with van der Waals surface area (Å²) in [5, 5.41) is 0. The topological polar surface area (TPSA) is 38.4 Å². The van der Waals surface area contributed by atoms with Crippen LogP contribution in [0.3, 0.4) is 0 Å². The molecule has 1 rings (SSSR count). The minimum atomic E-state index is -0.564. The van der Waals surface area contributed by atoms with Gasteiger partial charge in [0.15, 0.2) is 0 Å². The van der Waals surface area contributed by atoms with Crippen molar-refractivity contribution in [1.82, 2.24) is 0 Å². The highest BCUT2D eigenvalue weighted by molar-refractivity contribution is 5.83. The molecule has 0 aromatic heterocycles. The fourth-order valence-electron chi connectivity index (χ4n) is 1.04. The number of nitrogens with zero attached hydrogens (tertiary/aromatic N) is 1. The Hall–Kier alpha value is -1.45. The van der Waals surface area contributed by atoms with Gasteiger partial charge in [0.1, 0.15) is 17.3 Å². The van der Waals surface area contributed by atoms with Gasteiger partial charge in [0, 0.05) is 12.5 Å². The molecular formula is C10H12F2N2. The zero-order valence-corrected chi connectivity index (χ0v) is 7.93. The lowest BCUT2D eigenvalue weighted by molar-refractivity contribution is 0.602. The lowest BCUT2D eigenvalue weighted by atomic mass is 10.3. The van der Waals surface area contributed by atoms with Crippen LogP contribution in [0.5, 0.6) is 0 Å². The van der Waals surface area contributed by atoms with Crippen molar-refractivity contribution in [2.45, 2.75) is 19.8 Å². The van der Waals surface area contributed by atoms with E-state index in [-0.39, 0.29) is 5.69 Å². The molecule has 0 amide bonds. The second-order valence-corrected chi connectivity index (χ2v) is 2.95. The lowest BCUT2D eigenvalue weighted by Crippen LogP contribution is -2.10. The van der Waals surface area contributed by atoms with Gasteiger partial charge in [0.25, 0.3) is 0 Å². The molecule has 76 valence electrons. The number of rotatable bonds is 3. The van der Waals surface area contributed by atoms with E-state index in [9.17, 15) is 8.78 Å². The highest BCUT2D eigenvalue weighted by atomic mass is 19.1. The molecule has 0 aliphatic heterocycles. The molecule has 2 nitrogen and oxygen atoms in total. The summed E-state index contributed by atoms with van der Waals surface area (Å²) in [5.74, 6) is -0.767. The molecule has 0 bridgehead atoms. The number of amidine groups is 1. The van der Waals surface area contributed by atoms with E-state index >= 15 is 0 Å². The highest BCUT2D eigenvalue weighted by Crippen LogP contribution is 2.18. The standard InChI is InChI=1S/C10H12F2N2/c1-2-3-10(13)14-9-6-7(11)4-5-8(9)12/h4-6H,2-3H2,1H3,(H2,13,14). The van der Waals surface area contributed by atoms with Crippen molar-refractivity contribution in [3.05, 3.63) is 29.8 Å². The van der Waals surface area contributed by atoms with Gasteiger partial charge in [0.05, 0.1) is 5.84 Å². The molecule has 1 aromatic rings. The van der Waals surface area contributed by atoms with Gasteiger partial charge in [-0.05, 0) is 18.6 Å². The van der Waals surface area contributed by atoms with Gasteiger partial charge in [-0.15, -0.1) is 0 Å². The summed E-state index contributed by atoms with van der Waals surface area (Å²) < 4.78 is 25.7. The fourth-order valence-corrected chi connectivity index (χ4v) is 1.04. The minimum Gasteiger partial charge on any atom is -0.387 e. The van der Waals surface area contributed by atoms with Crippen LogP contribution in [0.4, 0.5) is 14.5 Å². The summed E-state index contributed by atoms with van der Waals surface area (Å²) in [6, 6.07) is 3.11. The smallest absolute Gasteiger partial charge is 0.149 e. The third-order valence-electron chi connectivity index (χ3n) is 1.68. The van der Waals surface area contributed by atoms with Crippen LogP contribution in [-0.4, -0.2) is 5.84 Å². The number of hydrogen-bond acceptors (Lipinski definition) is 1. The van der Waals surface area contributed by atoms with Crippen LogP contribution in [-0.2, 0) is 0 Å². The summed E-state index contributed by atoms with van der Waals surface area (Å²) >= 11 is 0. The van der Waals surface area contributed by atoms with Crippen LogP contribution in [0, 0.1) is 11.6 Å². The summed E-state index contributed by atoms with van der Waals surface area (Å²) in [6.07, 6.45) is 1.40. The van der Waals surface area contributed by atoms with E-state index in [1.54, 1.807) is 0 Å². The molecule has 14 heavy (non-hydrogen) atoms. The average Bonchev–Trinajstić information content (AvgIpc) is 2.12. The number of hydrogen-bond donors (Lipinski definition) is 1. The molecule has 0 unspecified atom stereocenters. The molecule has 0 spiro atoms. The van der Waals surface area contributed by atoms with E-state index in [0.717, 1.165) is 24.6 Å². The quantitative estimate of drug-likeness (QED) is 0.588. The molecule has 0 fully saturated rings. The minimum absolute atomic E-state index is 0.0454. The Kier molecular flexibility index (Phi) is 3.56. The Labute approximate surface area is 81.5 Å². The van der Waals surface area contributed by atoms with Crippen LogP contribution in [0.2, 0.25) is 0 Å². The molecule has 0 atom stereocenters. The zero-order chi connectivity index (χ0) is 10.6. The maximum Gasteiger partial charge on any atom is 0.149 e. The van der Waals surface area contributed by atoms with Gasteiger partial charge >= 0.3 is 0 Å². The van der Waals surface area contributed by atoms with Gasteiger partial charge in [0.2, 0.25) is 0 Å². The third-order valence-corrected chi connectivity index (χ3v) is 1.68. The van der Waals surface area contributed by atoms with Crippen molar-refractivity contribution in [2.75, 3.05) is 0 Å². The van der Waals surface area contributed by atoms with Crippen molar-refractivity contribution in [3.63, 3.8) is 0 Å². The van der Waals surface area contributed by atoms with Crippen LogP contribution < -0.4 is 5.73 Å². The van der Waals surface area contributed by atoms with Crippen molar-refractivity contribution in [3.8, 4) is 0 Å². The first-order chi connectivity index (χ1) is 6.63. The second kappa shape index (κ2) is 4.69. The Balaban J connectivity index is 2.95. The van der Waals surface area contributed by atoms with E-state index in [2.05, 4.69) is 4.99 Å². The molecule has 0 saturated heterocycles. The van der Waals surface area contributed by atoms with Crippen LogP contribution in [0.15, 0.2) is 23.2 Å². The highest BCUT2D eigenvalue weighted by Gasteiger charge is 2.02. The van der Waals surface area contributed by atoms with Crippen molar-refractivity contribution >= 4 is 11.5 Å². The molecule has 1 aromatic carbocycles. The predicted octanol–water partition coefficient (Wildman–Crippen LogP) is 2.75. The Morgan fingerprint density at radius 3 is 2.79 bits per heavy atom. The van der Waals surface area contributed by atoms with Crippen LogP contribution in [0.25, 0.3) is 0 Å². The first-order valence-corrected chi connectivity index (χ1v) is 4.41. The fraction of sp³-hybridized carbons (Fsp3) is 0.300. The largest absolute Gasteiger partial charge is 0.387 e. The third kappa shape index (κ3) is 2.80. The zero-order valence-electron chi connectivity index (χ0n) is 7.93. The van der Waals surface area contributed by atoms with Crippen LogP contribution >= 0.6 is 0 Å². The summed E-state index contributed by atoms with van der Waals surface area (Å²) in [4.78, 5) is 3.79. The van der Waals surface area contributed by atoms with Crippen molar-refractivity contribution in [2.24, 2.45) is 10.7 Å². The van der Waals surface area contributed by atoms with Gasteiger partial charge < -0.3 is 5.73 Å². The summed E-state index contributed by atoms with van der Waals surface area (Å²) in [6.45, 7) is 1.93. The average molecular weight is 198 g/mol. The molecule has 0 aliphatic carbocycles. The van der Waals surface area contributed by atoms with Crippen molar-refractivity contribution < 1.29 is 8.78 Å². The van der Waals surface area contributed by atoms with Gasteiger partial charge in [-0.2, -0.15) is 0 Å². The summed E-state index contributed by atoms with van der Waals surface area (Å²) in [5.41, 5.74) is 5.45. The van der Waals surface area contributed by atoms with Gasteiger partial charge in [-0.25, -0.2) is 13.8 Å². The monoisotopic (exact) mass is 198 g/mol. The van der Waals surface area contributed by atoms with E-state index < -0.39 is 11.6 Å². The normalized spacial score (nSPS) is 11.8. The number of halogens is 2. The molecule has 4 heteroatoms. The molecule has 0 saturated carbocycles. The van der Waals surface area contributed by atoms with E-state index in [4.69, 9.17) is 5.73 Å². The maximum atomic E-state index is 13.0. The second-order valence-electron chi connectivity index (χ2n) is 2.95. The van der Waals surface area contributed by atoms with Crippen molar-refractivity contribution in [1.29, 1.82) is 0 Å². The number of aliphatic imine (C=N–C) groups is 1. The Bertz CT molecular complexity index is 348. The van der Waals surface area contributed by atoms with Crippen LogP contribution in [0.1, 0.15) is 19.8 Å². The molecule has 0 aliphatic rings. The first kappa shape index (κ1) is 10.6. The molecule has 0 radical (unpaired) electrons. The number of nitrogens with two attached hydrogens (primary N) is 1. The summed E-state index contributed by atoms with van der Waals surface area (Å²) in [7, 11) is 0. The molecule has 0 heterocycles. The first-order valence-electron chi connectivity index (χ1n) is 4.41. The SMILES string of the molecule is CCCC(N)=Nc1cc(F)ccc1F. The van der Waals surface area contributed by atoms with E-state index in [1.165, 1.54) is 0 Å². The van der Waals surface area contributed by atoms with E-state index in [0.29, 0.717) is 12.3 Å². The van der Waals surface area contributed by atoms with E-state index in [1.807, 2.05) is 6.92 Å². The molecule has 2 N–H and O–H groups in total. The lowest BCUT2D eigenvalue weighted by Gasteiger charge is -2.00.